The van der Waals surface area contributed by atoms with Gasteiger partial charge in [-0.3, -0.25) is 14.9 Å². The minimum Gasteiger partial charge on any atom is -0.423 e. The highest BCUT2D eigenvalue weighted by Gasteiger charge is 2.20. The molecule has 0 saturated heterocycles. The number of nitrogens with zero attached hydrogens (tertiary/aromatic N) is 1. The molecule has 0 aliphatic rings. The van der Waals surface area contributed by atoms with Crippen LogP contribution in [0.25, 0.3) is 0 Å². The lowest BCUT2D eigenvalue weighted by atomic mass is 10.1. The van der Waals surface area contributed by atoms with Crippen molar-refractivity contribution < 1.29 is 19.2 Å². The van der Waals surface area contributed by atoms with Crippen molar-refractivity contribution in [1.82, 2.24) is 0 Å². The molecule has 6 heteroatoms. The van der Waals surface area contributed by atoms with Gasteiger partial charge in [-0.05, 0) is 37.3 Å². The summed E-state index contributed by atoms with van der Waals surface area (Å²) >= 11 is 0. The maximum absolute atomic E-state index is 12.0. The van der Waals surface area contributed by atoms with Gasteiger partial charge >= 0.3 is 5.97 Å². The monoisotopic (exact) mass is 285 g/mol. The second kappa shape index (κ2) is 5.96. The molecule has 2 aromatic carbocycles. The van der Waals surface area contributed by atoms with Crippen molar-refractivity contribution in [3.63, 3.8) is 0 Å². The lowest BCUT2D eigenvalue weighted by Crippen LogP contribution is -2.11. The molecule has 0 heterocycles. The SMILES string of the molecule is CC(=O)c1ccc(OC(=O)c2ccccc2[N+](=O)[O-])cc1. The van der Waals surface area contributed by atoms with E-state index in [1.54, 1.807) is 0 Å². The molecule has 0 bridgehead atoms. The molecule has 0 aliphatic carbocycles. The molecule has 0 aromatic heterocycles. The van der Waals surface area contributed by atoms with Crippen molar-refractivity contribution in [3.05, 3.63) is 69.8 Å². The predicted octanol–water partition coefficient (Wildman–Crippen LogP) is 3.02. The third-order valence-corrected chi connectivity index (χ3v) is 2.79. The molecular weight excluding hydrogens is 274 g/mol. The number of Topliss-reactive ketones (excluding diaryl/α,β-unsaturated/α-hetero) is 1. The Bertz CT molecular complexity index is 706. The van der Waals surface area contributed by atoms with Crippen LogP contribution in [0.2, 0.25) is 0 Å². The zero-order chi connectivity index (χ0) is 15.4. The van der Waals surface area contributed by atoms with Gasteiger partial charge < -0.3 is 4.74 Å². The Balaban J connectivity index is 2.22. The molecular formula is C15H11NO5. The number of rotatable bonds is 4. The lowest BCUT2D eigenvalue weighted by molar-refractivity contribution is -0.385. The van der Waals surface area contributed by atoms with Gasteiger partial charge in [0.05, 0.1) is 4.92 Å². The van der Waals surface area contributed by atoms with Gasteiger partial charge in [0.25, 0.3) is 5.69 Å². The average Bonchev–Trinajstić information content (AvgIpc) is 2.47. The van der Waals surface area contributed by atoms with Crippen LogP contribution in [0, 0.1) is 10.1 Å². The Morgan fingerprint density at radius 3 is 2.24 bits per heavy atom. The van der Waals surface area contributed by atoms with Gasteiger partial charge in [-0.15, -0.1) is 0 Å². The standard InChI is InChI=1S/C15H11NO5/c1-10(17)11-6-8-12(9-7-11)21-15(18)13-4-2-3-5-14(13)16(19)20/h2-9H,1H3. The maximum atomic E-state index is 12.0. The summed E-state index contributed by atoms with van der Waals surface area (Å²) in [5.41, 5.74) is 0.0430. The molecule has 0 aliphatic heterocycles. The minimum absolute atomic E-state index is 0.105. The van der Waals surface area contributed by atoms with Gasteiger partial charge in [-0.25, -0.2) is 4.79 Å². The predicted molar refractivity (Wildman–Crippen MR) is 74.5 cm³/mol. The number of ketones is 1. The van der Waals surface area contributed by atoms with Crippen LogP contribution in [0.3, 0.4) is 0 Å². The summed E-state index contributed by atoms with van der Waals surface area (Å²) in [5.74, 6) is -0.715. The number of para-hydroxylation sites is 1. The highest BCUT2D eigenvalue weighted by atomic mass is 16.6. The highest BCUT2D eigenvalue weighted by molar-refractivity contribution is 5.96. The first-order chi connectivity index (χ1) is 9.99. The number of carbonyl (C=O) groups excluding carboxylic acids is 2. The van der Waals surface area contributed by atoms with Crippen LogP contribution in [0.4, 0.5) is 5.69 Å². The van der Waals surface area contributed by atoms with Gasteiger partial charge in [0, 0.05) is 11.6 Å². The zero-order valence-electron chi connectivity index (χ0n) is 11.1. The van der Waals surface area contributed by atoms with Crippen molar-refractivity contribution in [3.8, 4) is 5.75 Å². The third-order valence-electron chi connectivity index (χ3n) is 2.79. The third kappa shape index (κ3) is 3.30. The van der Waals surface area contributed by atoms with Crippen molar-refractivity contribution in [2.75, 3.05) is 0 Å². The van der Waals surface area contributed by atoms with E-state index in [2.05, 4.69) is 0 Å². The van der Waals surface area contributed by atoms with Gasteiger partial charge in [0.2, 0.25) is 0 Å². The molecule has 0 amide bonds. The van der Waals surface area contributed by atoms with E-state index < -0.39 is 10.9 Å². The molecule has 106 valence electrons. The molecule has 0 atom stereocenters. The molecule has 0 spiro atoms. The highest BCUT2D eigenvalue weighted by Crippen LogP contribution is 2.20. The smallest absolute Gasteiger partial charge is 0.350 e. The number of hydrogen-bond donors (Lipinski definition) is 0. The molecule has 2 aromatic rings. The van der Waals surface area contributed by atoms with Crippen molar-refractivity contribution in [1.29, 1.82) is 0 Å². The number of nitro groups is 1. The molecule has 0 unspecified atom stereocenters. The largest absolute Gasteiger partial charge is 0.423 e. The fraction of sp³-hybridized carbons (Fsp3) is 0.0667. The van der Waals surface area contributed by atoms with Crippen molar-refractivity contribution in [2.45, 2.75) is 6.92 Å². The zero-order valence-corrected chi connectivity index (χ0v) is 11.1. The second-order valence-corrected chi connectivity index (χ2v) is 4.24. The number of nitro benzene ring substituents is 1. The second-order valence-electron chi connectivity index (χ2n) is 4.24. The Kier molecular flexibility index (Phi) is 4.08. The first kappa shape index (κ1) is 14.4. The summed E-state index contributed by atoms with van der Waals surface area (Å²) in [7, 11) is 0. The first-order valence-electron chi connectivity index (χ1n) is 6.05. The Hall–Kier alpha value is -3.02. The molecule has 0 fully saturated rings. The van der Waals surface area contributed by atoms with Gasteiger partial charge in [0.1, 0.15) is 11.3 Å². The number of benzene rings is 2. The van der Waals surface area contributed by atoms with Gasteiger partial charge in [-0.1, -0.05) is 12.1 Å². The normalized spacial score (nSPS) is 9.95. The van der Waals surface area contributed by atoms with Crippen molar-refractivity contribution in [2.24, 2.45) is 0 Å². The van der Waals surface area contributed by atoms with Crippen LogP contribution >= 0.6 is 0 Å². The summed E-state index contributed by atoms with van der Waals surface area (Å²) < 4.78 is 5.07. The summed E-state index contributed by atoms with van der Waals surface area (Å²) in [6.07, 6.45) is 0. The van der Waals surface area contributed by atoms with Crippen LogP contribution in [-0.4, -0.2) is 16.7 Å². The van der Waals surface area contributed by atoms with E-state index in [0.29, 0.717) is 5.56 Å². The van der Waals surface area contributed by atoms with Crippen molar-refractivity contribution >= 4 is 17.4 Å². The van der Waals surface area contributed by atoms with E-state index >= 15 is 0 Å². The van der Waals surface area contributed by atoms with Gasteiger partial charge in [-0.2, -0.15) is 0 Å². The average molecular weight is 285 g/mol. The van der Waals surface area contributed by atoms with E-state index in [0.717, 1.165) is 0 Å². The van der Waals surface area contributed by atoms with Crippen LogP contribution in [0.15, 0.2) is 48.5 Å². The Morgan fingerprint density at radius 2 is 1.67 bits per heavy atom. The number of ether oxygens (including phenoxy) is 1. The molecule has 21 heavy (non-hydrogen) atoms. The fourth-order valence-corrected chi connectivity index (χ4v) is 1.73. The Morgan fingerprint density at radius 1 is 1.05 bits per heavy atom. The number of hydrogen-bond acceptors (Lipinski definition) is 5. The van der Waals surface area contributed by atoms with Crippen LogP contribution in [-0.2, 0) is 0 Å². The fourth-order valence-electron chi connectivity index (χ4n) is 1.73. The van der Waals surface area contributed by atoms with E-state index in [1.165, 1.54) is 55.5 Å². The quantitative estimate of drug-likeness (QED) is 0.283. The molecule has 2 rings (SSSR count). The topological polar surface area (TPSA) is 86.5 Å². The molecule has 0 N–H and O–H groups in total. The maximum Gasteiger partial charge on any atom is 0.350 e. The van der Waals surface area contributed by atoms with E-state index in [-0.39, 0.29) is 22.8 Å². The summed E-state index contributed by atoms with van der Waals surface area (Å²) in [6.45, 7) is 1.42. The van der Waals surface area contributed by atoms with E-state index in [1.807, 2.05) is 0 Å². The van der Waals surface area contributed by atoms with E-state index in [9.17, 15) is 19.7 Å². The summed E-state index contributed by atoms with van der Waals surface area (Å²) in [5, 5.41) is 10.9. The molecule has 0 saturated carbocycles. The molecule has 0 radical (unpaired) electrons. The summed E-state index contributed by atoms with van der Waals surface area (Å²) in [4.78, 5) is 33.3. The number of esters is 1. The first-order valence-corrected chi connectivity index (χ1v) is 6.05. The van der Waals surface area contributed by atoms with Gasteiger partial charge in [0.15, 0.2) is 5.78 Å². The van der Waals surface area contributed by atoms with Crippen LogP contribution in [0.5, 0.6) is 5.75 Å². The molecule has 6 nitrogen and oxygen atoms in total. The van der Waals surface area contributed by atoms with Crippen LogP contribution < -0.4 is 4.74 Å². The number of carbonyl (C=O) groups is 2. The Labute approximate surface area is 120 Å². The lowest BCUT2D eigenvalue weighted by Gasteiger charge is -2.05. The van der Waals surface area contributed by atoms with Crippen LogP contribution in [0.1, 0.15) is 27.6 Å². The summed E-state index contributed by atoms with van der Waals surface area (Å²) in [6, 6.07) is 11.5. The van der Waals surface area contributed by atoms with E-state index in [4.69, 9.17) is 4.74 Å². The minimum atomic E-state index is -0.821.